The zero-order valence-corrected chi connectivity index (χ0v) is 13.1. The monoisotopic (exact) mass is 302 g/mol. The van der Waals surface area contributed by atoms with Crippen LogP contribution in [0.3, 0.4) is 0 Å². The number of fused-ring (bicyclic) bond motifs is 2. The molecule has 0 heteroatoms. The Labute approximate surface area is 141 Å². The minimum absolute atomic E-state index is 0.901. The van der Waals surface area contributed by atoms with Gasteiger partial charge in [-0.1, -0.05) is 72.5 Å². The van der Waals surface area contributed by atoms with Crippen LogP contribution in [0, 0.1) is 24.7 Å². The summed E-state index contributed by atoms with van der Waals surface area (Å²) in [4.78, 5) is 0. The van der Waals surface area contributed by atoms with Crippen LogP contribution in [-0.4, -0.2) is 0 Å². The van der Waals surface area contributed by atoms with E-state index in [0.29, 0.717) is 0 Å². The second kappa shape index (κ2) is 5.62. The molecule has 4 aromatic carbocycles. The molecular weight excluding hydrogens is 288 g/mol. The Morgan fingerprint density at radius 1 is 0.500 bits per heavy atom. The first kappa shape index (κ1) is 14.1. The van der Waals surface area contributed by atoms with E-state index in [0.717, 1.165) is 43.8 Å². The van der Waals surface area contributed by atoms with Crippen molar-refractivity contribution in [3.05, 3.63) is 83.9 Å². The summed E-state index contributed by atoms with van der Waals surface area (Å²) in [6, 6.07) is 24.7. The maximum atomic E-state index is 5.75. The van der Waals surface area contributed by atoms with E-state index in [9.17, 15) is 0 Å². The molecule has 0 aliphatic heterocycles. The summed E-state index contributed by atoms with van der Waals surface area (Å²) in [7, 11) is 0. The quantitative estimate of drug-likeness (QED) is 0.400. The highest BCUT2D eigenvalue weighted by Gasteiger charge is 2.11. The van der Waals surface area contributed by atoms with Crippen LogP contribution in [0.4, 0.5) is 0 Å². The summed E-state index contributed by atoms with van der Waals surface area (Å²) in [5.41, 5.74) is 4.04. The maximum absolute atomic E-state index is 5.75. The molecule has 0 unspecified atom stereocenters. The topological polar surface area (TPSA) is 0 Å². The van der Waals surface area contributed by atoms with Gasteiger partial charge in [-0.2, -0.15) is 0 Å². The molecule has 0 saturated heterocycles. The van der Waals surface area contributed by atoms with Crippen LogP contribution in [0.25, 0.3) is 32.7 Å². The molecule has 0 aliphatic rings. The first-order chi connectivity index (χ1) is 11.8. The number of hydrogen-bond acceptors (Lipinski definition) is 0. The van der Waals surface area contributed by atoms with E-state index in [1.54, 1.807) is 0 Å². The molecule has 0 nitrogen and oxygen atoms in total. The number of hydrogen-bond donors (Lipinski definition) is 0. The highest BCUT2D eigenvalue weighted by atomic mass is 14.1. The Hall–Kier alpha value is -3.48. The average Bonchev–Trinajstić information content (AvgIpc) is 2.66. The summed E-state index contributed by atoms with van der Waals surface area (Å²) in [6.07, 6.45) is 11.5. The molecule has 0 spiro atoms. The molecule has 0 bridgehead atoms. The van der Waals surface area contributed by atoms with Gasteiger partial charge in [0.05, 0.1) is 0 Å². The average molecular weight is 302 g/mol. The van der Waals surface area contributed by atoms with Gasteiger partial charge in [0, 0.05) is 21.9 Å². The maximum Gasteiger partial charge on any atom is 0.0327 e. The van der Waals surface area contributed by atoms with E-state index >= 15 is 0 Å². The third-order valence-electron chi connectivity index (χ3n) is 4.41. The van der Waals surface area contributed by atoms with Crippen molar-refractivity contribution in [1.29, 1.82) is 0 Å². The molecule has 0 fully saturated rings. The normalized spacial score (nSPS) is 10.4. The molecule has 0 heterocycles. The van der Waals surface area contributed by atoms with Crippen LogP contribution < -0.4 is 0 Å². The van der Waals surface area contributed by atoms with Crippen molar-refractivity contribution in [2.75, 3.05) is 0 Å². The van der Waals surface area contributed by atoms with Gasteiger partial charge >= 0.3 is 0 Å². The molecule has 24 heavy (non-hydrogen) atoms. The summed E-state index contributed by atoms with van der Waals surface area (Å²) < 4.78 is 0. The smallest absolute Gasteiger partial charge is 0.0327 e. The molecule has 110 valence electrons. The fourth-order valence-corrected chi connectivity index (χ4v) is 3.37. The standard InChI is InChI=1S/C24H14/c1-3-17-9-5-11-19-13-7-15-21(23(17)19)22-16-8-14-20-12-6-10-18(4-2)24(20)22/h1-2,5-16H. The van der Waals surface area contributed by atoms with Crippen molar-refractivity contribution in [2.24, 2.45) is 0 Å². The minimum Gasteiger partial charge on any atom is -0.115 e. The van der Waals surface area contributed by atoms with Gasteiger partial charge in [-0.15, -0.1) is 12.8 Å². The largest absolute Gasteiger partial charge is 0.115 e. The molecule has 0 aliphatic carbocycles. The molecule has 0 N–H and O–H groups in total. The van der Waals surface area contributed by atoms with E-state index in [1.165, 1.54) is 0 Å². The molecule has 0 amide bonds. The van der Waals surface area contributed by atoms with Gasteiger partial charge in [-0.3, -0.25) is 0 Å². The van der Waals surface area contributed by atoms with E-state index in [2.05, 4.69) is 60.4 Å². The fraction of sp³-hybridized carbons (Fsp3) is 0. The zero-order chi connectivity index (χ0) is 16.5. The molecule has 4 aromatic rings. The van der Waals surface area contributed by atoms with Crippen molar-refractivity contribution >= 4 is 21.5 Å². The minimum atomic E-state index is 0.901. The van der Waals surface area contributed by atoms with Gasteiger partial charge in [-0.25, -0.2) is 0 Å². The molecule has 0 aromatic heterocycles. The van der Waals surface area contributed by atoms with Crippen molar-refractivity contribution < 1.29 is 0 Å². The molecule has 4 rings (SSSR count). The van der Waals surface area contributed by atoms with Gasteiger partial charge in [0.15, 0.2) is 0 Å². The summed E-state index contributed by atoms with van der Waals surface area (Å²) in [5, 5.41) is 4.47. The molecule has 0 saturated carbocycles. The van der Waals surface area contributed by atoms with E-state index in [4.69, 9.17) is 12.8 Å². The zero-order valence-electron chi connectivity index (χ0n) is 13.1. The predicted molar refractivity (Wildman–Crippen MR) is 103 cm³/mol. The Kier molecular flexibility index (Phi) is 3.31. The second-order valence-corrected chi connectivity index (χ2v) is 5.71. The van der Waals surface area contributed by atoms with Crippen molar-refractivity contribution in [2.45, 2.75) is 0 Å². The van der Waals surface area contributed by atoms with E-state index < -0.39 is 0 Å². The fourth-order valence-electron chi connectivity index (χ4n) is 3.37. The Morgan fingerprint density at radius 2 is 0.875 bits per heavy atom. The van der Waals surface area contributed by atoms with Crippen LogP contribution >= 0.6 is 0 Å². The summed E-state index contributed by atoms with van der Waals surface area (Å²) >= 11 is 0. The van der Waals surface area contributed by atoms with Crippen LogP contribution in [0.2, 0.25) is 0 Å². The van der Waals surface area contributed by atoms with Gasteiger partial charge < -0.3 is 0 Å². The van der Waals surface area contributed by atoms with E-state index in [-0.39, 0.29) is 0 Å². The SMILES string of the molecule is C#Cc1cccc2cccc(-c3cccc4cccc(C#C)c34)c12. The van der Waals surface area contributed by atoms with E-state index in [1.807, 2.05) is 24.3 Å². The van der Waals surface area contributed by atoms with Crippen LogP contribution in [0.1, 0.15) is 11.1 Å². The second-order valence-electron chi connectivity index (χ2n) is 5.71. The number of terminal acetylenes is 2. The Morgan fingerprint density at radius 3 is 1.25 bits per heavy atom. The van der Waals surface area contributed by atoms with Gasteiger partial charge in [0.1, 0.15) is 0 Å². The molecular formula is C24H14. The third kappa shape index (κ3) is 2.06. The summed E-state index contributed by atoms with van der Waals surface area (Å²) in [6.45, 7) is 0. The lowest BCUT2D eigenvalue weighted by atomic mass is 9.90. The predicted octanol–water partition coefficient (Wildman–Crippen LogP) is 5.62. The first-order valence-corrected chi connectivity index (χ1v) is 7.80. The molecule has 0 atom stereocenters. The highest BCUT2D eigenvalue weighted by molar-refractivity contribution is 6.09. The lowest BCUT2D eigenvalue weighted by Crippen LogP contribution is -1.89. The van der Waals surface area contributed by atoms with Crippen LogP contribution in [0.5, 0.6) is 0 Å². The highest BCUT2D eigenvalue weighted by Crippen LogP contribution is 2.36. The lowest BCUT2D eigenvalue weighted by molar-refractivity contribution is 1.65. The van der Waals surface area contributed by atoms with Crippen LogP contribution in [0.15, 0.2) is 72.8 Å². The number of rotatable bonds is 1. The van der Waals surface area contributed by atoms with Gasteiger partial charge in [0.2, 0.25) is 0 Å². The van der Waals surface area contributed by atoms with Crippen molar-refractivity contribution in [3.63, 3.8) is 0 Å². The van der Waals surface area contributed by atoms with Gasteiger partial charge in [0.25, 0.3) is 0 Å². The third-order valence-corrected chi connectivity index (χ3v) is 4.41. The molecule has 0 radical (unpaired) electrons. The number of benzene rings is 4. The van der Waals surface area contributed by atoms with Crippen LogP contribution in [-0.2, 0) is 0 Å². The van der Waals surface area contributed by atoms with Crippen molar-refractivity contribution in [1.82, 2.24) is 0 Å². The Balaban J connectivity index is 2.20. The first-order valence-electron chi connectivity index (χ1n) is 7.80. The Bertz CT molecular complexity index is 1060. The summed E-state index contributed by atoms with van der Waals surface area (Å²) in [5.74, 6) is 5.63. The van der Waals surface area contributed by atoms with Gasteiger partial charge in [-0.05, 0) is 34.0 Å². The van der Waals surface area contributed by atoms with Crippen molar-refractivity contribution in [3.8, 4) is 35.8 Å². The lowest BCUT2D eigenvalue weighted by Gasteiger charge is -2.13.